The first-order chi connectivity index (χ1) is 14.9. The molecule has 0 bridgehead atoms. The molecule has 0 spiro atoms. The van der Waals surface area contributed by atoms with Crippen molar-refractivity contribution in [2.75, 3.05) is 4.90 Å². The van der Waals surface area contributed by atoms with Gasteiger partial charge in [-0.15, -0.1) is 0 Å². The van der Waals surface area contributed by atoms with Crippen LogP contribution in [0.2, 0.25) is 0 Å². The van der Waals surface area contributed by atoms with Gasteiger partial charge in [0, 0.05) is 24.0 Å². The van der Waals surface area contributed by atoms with E-state index in [-0.39, 0.29) is 22.9 Å². The summed E-state index contributed by atoms with van der Waals surface area (Å²) in [5.74, 6) is 0.344. The zero-order valence-corrected chi connectivity index (χ0v) is 18.8. The molecule has 31 heavy (non-hydrogen) atoms. The van der Waals surface area contributed by atoms with Crippen LogP contribution in [0.4, 0.5) is 5.69 Å². The van der Waals surface area contributed by atoms with Crippen LogP contribution < -0.4 is 9.62 Å². The zero-order chi connectivity index (χ0) is 21.8. The van der Waals surface area contributed by atoms with Gasteiger partial charge in [0.05, 0.1) is 23.7 Å². The van der Waals surface area contributed by atoms with E-state index in [1.807, 2.05) is 0 Å². The molecule has 1 aliphatic heterocycles. The third-order valence-corrected chi connectivity index (χ3v) is 8.35. The summed E-state index contributed by atoms with van der Waals surface area (Å²) in [6.45, 7) is 3.58. The molecule has 2 fully saturated rings. The maximum Gasteiger partial charge on any atom is 0.242 e. The molecule has 2 saturated carbocycles. The summed E-state index contributed by atoms with van der Waals surface area (Å²) < 4.78 is 27.6. The second-order valence-electron chi connectivity index (χ2n) is 9.33. The van der Waals surface area contributed by atoms with Crippen molar-refractivity contribution in [3.63, 3.8) is 0 Å². The molecule has 0 radical (unpaired) electrons. The lowest BCUT2D eigenvalue weighted by Gasteiger charge is -2.41. The van der Waals surface area contributed by atoms with E-state index in [0.29, 0.717) is 12.0 Å². The van der Waals surface area contributed by atoms with E-state index in [1.54, 1.807) is 26.0 Å². The number of hydrogen-bond acceptors (Lipinski definition) is 5. The van der Waals surface area contributed by atoms with E-state index in [4.69, 9.17) is 0 Å². The molecule has 0 amide bonds. The fourth-order valence-corrected chi connectivity index (χ4v) is 6.04. The van der Waals surface area contributed by atoms with Gasteiger partial charge in [-0.1, -0.05) is 12.1 Å². The minimum atomic E-state index is -3.60. The highest BCUT2D eigenvalue weighted by molar-refractivity contribution is 7.89. The number of nitrogens with zero attached hydrogens (tertiary/aromatic N) is 3. The molecule has 2 aliphatic carbocycles. The Balaban J connectivity index is 1.53. The molecule has 2 aromatic rings. The Kier molecular flexibility index (Phi) is 5.03. The van der Waals surface area contributed by atoms with Crippen LogP contribution >= 0.6 is 0 Å². The number of aromatic nitrogens is 1. The smallest absolute Gasteiger partial charge is 0.242 e. The number of hydrogen-bond donors (Lipinski definition) is 1. The summed E-state index contributed by atoms with van der Waals surface area (Å²) in [6.07, 6.45) is 7.35. The number of sulfonamides is 1. The van der Waals surface area contributed by atoms with Crippen molar-refractivity contribution in [1.29, 1.82) is 5.26 Å². The molecular weight excluding hydrogens is 408 g/mol. The zero-order valence-electron chi connectivity index (χ0n) is 18.0. The standard InChI is InChI=1S/C24H28N4O2S/c1-15(2)27-31(29,30)19-9-11-22(26-14-19)24-21(13-25)20-10-8-17(16-6-7-16)12-23(20)28(24)18-4-3-5-18/h8-12,14-16,18,21,24,27H,3-7H2,1-2H3. The Hall–Kier alpha value is -2.43. The van der Waals surface area contributed by atoms with Crippen molar-refractivity contribution in [2.24, 2.45) is 0 Å². The quantitative estimate of drug-likeness (QED) is 0.727. The molecule has 6 nitrogen and oxygen atoms in total. The highest BCUT2D eigenvalue weighted by Crippen LogP contribution is 2.53. The second-order valence-corrected chi connectivity index (χ2v) is 11.0. The molecule has 1 N–H and O–H groups in total. The maximum absolute atomic E-state index is 12.5. The first kappa shape index (κ1) is 20.5. The molecule has 1 aromatic carbocycles. The van der Waals surface area contributed by atoms with Gasteiger partial charge >= 0.3 is 0 Å². The molecule has 7 heteroatoms. The van der Waals surface area contributed by atoms with Crippen molar-refractivity contribution in [2.45, 2.75) is 80.8 Å². The van der Waals surface area contributed by atoms with Gasteiger partial charge in [-0.3, -0.25) is 4.98 Å². The summed E-state index contributed by atoms with van der Waals surface area (Å²) >= 11 is 0. The van der Waals surface area contributed by atoms with Gasteiger partial charge in [0.2, 0.25) is 10.0 Å². The average Bonchev–Trinajstić information content (AvgIpc) is 3.49. The Labute approximate surface area is 184 Å². The molecule has 0 saturated heterocycles. The van der Waals surface area contributed by atoms with Crippen molar-refractivity contribution in [3.8, 4) is 6.07 Å². The van der Waals surface area contributed by atoms with Crippen LogP contribution in [-0.2, 0) is 10.0 Å². The number of rotatable bonds is 6. The number of benzene rings is 1. The van der Waals surface area contributed by atoms with Crippen molar-refractivity contribution in [1.82, 2.24) is 9.71 Å². The Morgan fingerprint density at radius 1 is 1.16 bits per heavy atom. The number of nitrogens with one attached hydrogen (secondary N) is 1. The minimum absolute atomic E-state index is 0.153. The molecule has 5 rings (SSSR count). The monoisotopic (exact) mass is 436 g/mol. The van der Waals surface area contributed by atoms with Crippen molar-refractivity contribution >= 4 is 15.7 Å². The highest BCUT2D eigenvalue weighted by atomic mass is 32.2. The highest BCUT2D eigenvalue weighted by Gasteiger charge is 2.45. The van der Waals surface area contributed by atoms with Crippen molar-refractivity contribution < 1.29 is 8.42 Å². The van der Waals surface area contributed by atoms with Crippen molar-refractivity contribution in [3.05, 3.63) is 53.3 Å². The van der Waals surface area contributed by atoms with E-state index >= 15 is 0 Å². The fraction of sp³-hybridized carbons (Fsp3) is 0.500. The van der Waals surface area contributed by atoms with E-state index in [2.05, 4.69) is 38.9 Å². The lowest BCUT2D eigenvalue weighted by Crippen LogP contribution is -2.41. The predicted molar refractivity (Wildman–Crippen MR) is 119 cm³/mol. The summed E-state index contributed by atoms with van der Waals surface area (Å²) in [7, 11) is -3.60. The van der Waals surface area contributed by atoms with Crippen LogP contribution in [-0.4, -0.2) is 25.5 Å². The first-order valence-electron chi connectivity index (χ1n) is 11.2. The number of fused-ring (bicyclic) bond motifs is 1. The van der Waals surface area contributed by atoms with Crippen LogP contribution in [0.15, 0.2) is 41.4 Å². The normalized spacial score (nSPS) is 23.5. The minimum Gasteiger partial charge on any atom is -0.358 e. The molecule has 2 heterocycles. The topological polar surface area (TPSA) is 86.1 Å². The Morgan fingerprint density at radius 3 is 2.48 bits per heavy atom. The SMILES string of the molecule is CC(C)NS(=O)(=O)c1ccc(C2C(C#N)c3ccc(C4CC4)cc3N2C2CCC2)nc1. The maximum atomic E-state index is 12.5. The van der Waals surface area contributed by atoms with Crippen LogP contribution in [0.3, 0.4) is 0 Å². The van der Waals surface area contributed by atoms with Gasteiger partial charge in [0.1, 0.15) is 4.90 Å². The van der Waals surface area contributed by atoms with E-state index < -0.39 is 10.0 Å². The van der Waals surface area contributed by atoms with Gasteiger partial charge < -0.3 is 4.90 Å². The molecule has 2 atom stereocenters. The average molecular weight is 437 g/mol. The lowest BCUT2D eigenvalue weighted by atomic mass is 9.88. The summed E-state index contributed by atoms with van der Waals surface area (Å²) in [5, 5.41) is 10.1. The summed E-state index contributed by atoms with van der Waals surface area (Å²) in [4.78, 5) is 7.12. The van der Waals surface area contributed by atoms with Gasteiger partial charge in [-0.2, -0.15) is 5.26 Å². The first-order valence-corrected chi connectivity index (χ1v) is 12.7. The van der Waals surface area contributed by atoms with E-state index in [9.17, 15) is 13.7 Å². The van der Waals surface area contributed by atoms with Gasteiger partial charge in [-0.25, -0.2) is 13.1 Å². The van der Waals surface area contributed by atoms with Crippen LogP contribution in [0, 0.1) is 11.3 Å². The molecule has 1 aromatic heterocycles. The van der Waals surface area contributed by atoms with Crippen LogP contribution in [0.5, 0.6) is 0 Å². The molecular formula is C24H28N4O2S. The van der Waals surface area contributed by atoms with Crippen LogP contribution in [0.25, 0.3) is 0 Å². The third kappa shape index (κ3) is 3.62. The number of anilines is 1. The Bertz CT molecular complexity index is 1130. The summed E-state index contributed by atoms with van der Waals surface area (Å²) in [6, 6.07) is 12.6. The van der Waals surface area contributed by atoms with Gasteiger partial charge in [0.15, 0.2) is 0 Å². The molecule has 3 aliphatic rings. The van der Waals surface area contributed by atoms with Gasteiger partial charge in [0.25, 0.3) is 0 Å². The third-order valence-electron chi connectivity index (χ3n) is 6.70. The van der Waals surface area contributed by atoms with E-state index in [1.165, 1.54) is 36.7 Å². The fourth-order valence-electron chi connectivity index (χ4n) is 4.84. The number of pyridine rings is 1. The lowest BCUT2D eigenvalue weighted by molar-refractivity contribution is 0.360. The molecule has 162 valence electrons. The van der Waals surface area contributed by atoms with Gasteiger partial charge in [-0.05, 0) is 81.2 Å². The predicted octanol–water partition coefficient (Wildman–Crippen LogP) is 4.37. The second kappa shape index (κ2) is 7.61. The molecule has 2 unspecified atom stereocenters. The largest absolute Gasteiger partial charge is 0.358 e. The van der Waals surface area contributed by atoms with Crippen LogP contribution in [0.1, 0.15) is 80.7 Å². The van der Waals surface area contributed by atoms with E-state index in [0.717, 1.165) is 24.1 Å². The summed E-state index contributed by atoms with van der Waals surface area (Å²) in [5.41, 5.74) is 4.37. The number of nitriles is 1. The Morgan fingerprint density at radius 2 is 1.94 bits per heavy atom.